The van der Waals surface area contributed by atoms with E-state index in [0.29, 0.717) is 0 Å². The van der Waals surface area contributed by atoms with Crippen molar-refractivity contribution in [3.8, 4) is 11.5 Å². The van der Waals surface area contributed by atoms with Gasteiger partial charge >= 0.3 is 11.9 Å². The van der Waals surface area contributed by atoms with Gasteiger partial charge in [0.15, 0.2) is 5.75 Å². The molecule has 0 fully saturated rings. The van der Waals surface area contributed by atoms with Gasteiger partial charge in [0.2, 0.25) is 0 Å². The van der Waals surface area contributed by atoms with Crippen LogP contribution in [0.2, 0.25) is 5.02 Å². The van der Waals surface area contributed by atoms with Crippen molar-refractivity contribution in [2.75, 3.05) is 0 Å². The third-order valence-corrected chi connectivity index (χ3v) is 2.33. The van der Waals surface area contributed by atoms with Crippen LogP contribution in [0.1, 0.15) is 24.2 Å². The average Bonchev–Trinajstić information content (AvgIpc) is 2.20. The monoisotopic (exact) mass is 307 g/mol. The smallest absolute Gasteiger partial charge is 0.308 e. The third-order valence-electron chi connectivity index (χ3n) is 1.74. The van der Waals surface area contributed by atoms with Crippen molar-refractivity contribution in [1.29, 1.82) is 0 Å². The Bertz CT molecular complexity index is 530. The van der Waals surface area contributed by atoms with Gasteiger partial charge in [0.1, 0.15) is 5.75 Å². The lowest BCUT2D eigenvalue weighted by Gasteiger charge is -2.09. The summed E-state index contributed by atoms with van der Waals surface area (Å²) in [5.41, 5.74) is -0.117. The van der Waals surface area contributed by atoms with E-state index < -0.39 is 17.2 Å². The molecule has 1 aromatic rings. The lowest BCUT2D eigenvalue weighted by Crippen LogP contribution is -2.06. The first-order valence-corrected chi connectivity index (χ1v) is 5.47. The van der Waals surface area contributed by atoms with Gasteiger partial charge in [-0.1, -0.05) is 11.6 Å². The summed E-state index contributed by atoms with van der Waals surface area (Å²) >= 11 is 11.2. The molecular formula is C11H11Cl2NO5. The summed E-state index contributed by atoms with van der Waals surface area (Å²) in [6.45, 7) is 2.35. The second-order valence-electron chi connectivity index (χ2n) is 3.24. The molecule has 0 aliphatic heterocycles. The van der Waals surface area contributed by atoms with Crippen LogP contribution < -0.4 is 15.6 Å². The molecule has 0 aliphatic carbocycles. The van der Waals surface area contributed by atoms with Crippen molar-refractivity contribution in [2.45, 2.75) is 13.8 Å². The van der Waals surface area contributed by atoms with E-state index in [1.165, 1.54) is 19.1 Å². The van der Waals surface area contributed by atoms with E-state index in [0.717, 1.165) is 6.92 Å². The molecule has 0 spiro atoms. The van der Waals surface area contributed by atoms with Crippen molar-refractivity contribution >= 4 is 40.4 Å². The van der Waals surface area contributed by atoms with Gasteiger partial charge in [0.05, 0.1) is 10.6 Å². The van der Waals surface area contributed by atoms with E-state index in [-0.39, 0.29) is 28.2 Å². The van der Waals surface area contributed by atoms with E-state index in [2.05, 4.69) is 0 Å². The largest absolute Gasteiger partial charge is 0.427 e. The number of hydrogen-bond donors (Lipinski definition) is 1. The van der Waals surface area contributed by atoms with Crippen LogP contribution in [-0.2, 0) is 9.59 Å². The summed E-state index contributed by atoms with van der Waals surface area (Å²) in [7, 11) is 0. The van der Waals surface area contributed by atoms with Crippen LogP contribution in [0, 0.1) is 0 Å². The molecule has 0 bridgehead atoms. The van der Waals surface area contributed by atoms with Crippen LogP contribution in [0.25, 0.3) is 0 Å². The predicted molar refractivity (Wildman–Crippen MR) is 69.3 cm³/mol. The number of carbonyl (C=O) groups is 3. The van der Waals surface area contributed by atoms with Crippen LogP contribution in [0.4, 0.5) is 0 Å². The second-order valence-corrected chi connectivity index (χ2v) is 3.97. The standard InChI is InChI=1S/C11H8Cl2O5.H3N/c1-5(14)17-7-3-8(11(13)16)10(12)9(4-7)18-6(2)15;/h3-4H,1-2H3;1H3. The molecule has 19 heavy (non-hydrogen) atoms. The maximum absolute atomic E-state index is 11.1. The van der Waals surface area contributed by atoms with Gasteiger partial charge in [-0.15, -0.1) is 0 Å². The highest BCUT2D eigenvalue weighted by Gasteiger charge is 2.17. The van der Waals surface area contributed by atoms with Crippen molar-refractivity contribution < 1.29 is 23.9 Å². The van der Waals surface area contributed by atoms with Gasteiger partial charge in [0.25, 0.3) is 5.24 Å². The van der Waals surface area contributed by atoms with Crippen molar-refractivity contribution in [1.82, 2.24) is 6.15 Å². The summed E-state index contributed by atoms with van der Waals surface area (Å²) in [5.74, 6) is -1.33. The van der Waals surface area contributed by atoms with Crippen LogP contribution >= 0.6 is 23.2 Å². The zero-order valence-electron chi connectivity index (χ0n) is 10.2. The lowest BCUT2D eigenvalue weighted by atomic mass is 10.2. The van der Waals surface area contributed by atoms with Gasteiger partial charge in [-0.3, -0.25) is 14.4 Å². The Kier molecular flexibility index (Phi) is 6.47. The number of benzene rings is 1. The number of ether oxygens (including phenoxy) is 2. The van der Waals surface area contributed by atoms with E-state index in [1.807, 2.05) is 0 Å². The minimum Gasteiger partial charge on any atom is -0.427 e. The van der Waals surface area contributed by atoms with Gasteiger partial charge in [-0.25, -0.2) is 0 Å². The predicted octanol–water partition coefficient (Wildman–Crippen LogP) is 2.73. The fourth-order valence-electron chi connectivity index (χ4n) is 1.17. The number of carbonyl (C=O) groups excluding carboxylic acids is 3. The third kappa shape index (κ3) is 4.86. The minimum atomic E-state index is -0.859. The molecule has 0 radical (unpaired) electrons. The highest BCUT2D eigenvalue weighted by atomic mass is 35.5. The fraction of sp³-hybridized carbons (Fsp3) is 0.182. The molecule has 0 heterocycles. The molecule has 0 aromatic heterocycles. The Morgan fingerprint density at radius 2 is 1.58 bits per heavy atom. The molecule has 0 aliphatic rings. The number of rotatable bonds is 3. The Hall–Kier alpha value is -1.63. The molecule has 0 saturated carbocycles. The van der Waals surface area contributed by atoms with Crippen LogP contribution in [0.15, 0.2) is 12.1 Å². The molecule has 0 atom stereocenters. The van der Waals surface area contributed by atoms with Crippen LogP contribution in [0.5, 0.6) is 11.5 Å². The second kappa shape index (κ2) is 7.08. The summed E-state index contributed by atoms with van der Waals surface area (Å²) in [5, 5.41) is -0.983. The van der Waals surface area contributed by atoms with Gasteiger partial charge in [-0.2, -0.15) is 0 Å². The van der Waals surface area contributed by atoms with E-state index in [4.69, 9.17) is 32.7 Å². The van der Waals surface area contributed by atoms with Crippen LogP contribution in [-0.4, -0.2) is 17.2 Å². The minimum absolute atomic E-state index is 0. The summed E-state index contributed by atoms with van der Waals surface area (Å²) in [6.07, 6.45) is 0. The maximum atomic E-state index is 11.1. The highest BCUT2D eigenvalue weighted by Crippen LogP contribution is 2.34. The Labute approximate surface area is 119 Å². The zero-order chi connectivity index (χ0) is 13.9. The topological polar surface area (TPSA) is 105 Å². The van der Waals surface area contributed by atoms with Gasteiger partial charge < -0.3 is 15.6 Å². The van der Waals surface area contributed by atoms with E-state index in [1.54, 1.807) is 0 Å². The quantitative estimate of drug-likeness (QED) is 0.523. The summed E-state index contributed by atoms with van der Waals surface area (Å²) in [4.78, 5) is 32.8. The van der Waals surface area contributed by atoms with Crippen LogP contribution in [0.3, 0.4) is 0 Å². The molecule has 0 amide bonds. The first-order valence-electron chi connectivity index (χ1n) is 4.71. The molecule has 104 valence electrons. The number of halogens is 2. The molecule has 0 saturated heterocycles. The molecule has 8 heteroatoms. The zero-order valence-corrected chi connectivity index (χ0v) is 11.7. The summed E-state index contributed by atoms with van der Waals surface area (Å²) < 4.78 is 9.57. The van der Waals surface area contributed by atoms with Crippen molar-refractivity contribution in [3.05, 3.63) is 22.7 Å². The van der Waals surface area contributed by atoms with Crippen molar-refractivity contribution in [2.24, 2.45) is 0 Å². The molecule has 3 N–H and O–H groups in total. The van der Waals surface area contributed by atoms with Gasteiger partial charge in [-0.05, 0) is 17.7 Å². The van der Waals surface area contributed by atoms with E-state index >= 15 is 0 Å². The Morgan fingerprint density at radius 1 is 1.05 bits per heavy atom. The lowest BCUT2D eigenvalue weighted by molar-refractivity contribution is -0.132. The molecule has 0 unspecified atom stereocenters. The van der Waals surface area contributed by atoms with Crippen molar-refractivity contribution in [3.63, 3.8) is 0 Å². The molecule has 6 nitrogen and oxygen atoms in total. The molecular weight excluding hydrogens is 297 g/mol. The molecule has 1 rings (SSSR count). The first-order chi connectivity index (χ1) is 8.31. The highest BCUT2D eigenvalue weighted by molar-refractivity contribution is 6.68. The average molecular weight is 308 g/mol. The normalized spacial score (nSPS) is 9.26. The Morgan fingerprint density at radius 3 is 2.00 bits per heavy atom. The molecule has 1 aromatic carbocycles. The summed E-state index contributed by atoms with van der Waals surface area (Å²) in [6, 6.07) is 2.40. The number of hydrogen-bond acceptors (Lipinski definition) is 6. The fourth-order valence-corrected chi connectivity index (χ4v) is 1.60. The number of esters is 2. The van der Waals surface area contributed by atoms with E-state index in [9.17, 15) is 14.4 Å². The Balaban J connectivity index is 0.00000324. The maximum Gasteiger partial charge on any atom is 0.308 e. The van der Waals surface area contributed by atoms with Gasteiger partial charge in [0, 0.05) is 19.9 Å². The first kappa shape index (κ1) is 17.4. The SMILES string of the molecule is CC(=O)Oc1cc(OC(C)=O)c(Cl)c(C(=O)Cl)c1.N.